The molecule has 0 amide bonds. The van der Waals surface area contributed by atoms with Crippen molar-refractivity contribution in [2.75, 3.05) is 13.7 Å². The highest BCUT2D eigenvalue weighted by atomic mass is 19.1. The Balaban J connectivity index is 1.58. The topological polar surface area (TPSA) is 56.9 Å². The Kier molecular flexibility index (Phi) is 5.90. The van der Waals surface area contributed by atoms with Crippen LogP contribution in [0.15, 0.2) is 67.1 Å². The standard InChI is InChI=1S/C23H24FN5O/c1-28-15-17(13-26-28)10-11-25-14-18-16-29(19-6-4-3-5-7-19)27-23(18)21-9-8-20(30-2)12-22(21)24/h3-9,12-13,15-16,25H,10-11,14H2,1-2H3. The van der Waals surface area contributed by atoms with Gasteiger partial charge in [-0.25, -0.2) is 9.07 Å². The molecule has 2 aromatic carbocycles. The second-order valence-electron chi connectivity index (χ2n) is 7.08. The lowest BCUT2D eigenvalue weighted by molar-refractivity contribution is 0.411. The molecule has 2 heterocycles. The molecule has 30 heavy (non-hydrogen) atoms. The molecule has 0 saturated heterocycles. The van der Waals surface area contributed by atoms with Crippen molar-refractivity contribution in [3.8, 4) is 22.7 Å². The molecule has 0 spiro atoms. The molecule has 0 aliphatic rings. The number of aryl methyl sites for hydroxylation is 1. The van der Waals surface area contributed by atoms with E-state index in [9.17, 15) is 4.39 Å². The Hall–Kier alpha value is -3.45. The van der Waals surface area contributed by atoms with Gasteiger partial charge in [-0.05, 0) is 42.8 Å². The zero-order chi connectivity index (χ0) is 20.9. The van der Waals surface area contributed by atoms with Gasteiger partial charge in [0, 0.05) is 43.2 Å². The van der Waals surface area contributed by atoms with Gasteiger partial charge in [0.15, 0.2) is 0 Å². The number of para-hydroxylation sites is 1. The van der Waals surface area contributed by atoms with E-state index >= 15 is 0 Å². The number of hydrogen-bond acceptors (Lipinski definition) is 4. The van der Waals surface area contributed by atoms with Crippen LogP contribution in [0.2, 0.25) is 0 Å². The molecule has 0 bridgehead atoms. The summed E-state index contributed by atoms with van der Waals surface area (Å²) in [5.41, 5.74) is 4.09. The molecule has 154 valence electrons. The minimum absolute atomic E-state index is 0.357. The van der Waals surface area contributed by atoms with Crippen LogP contribution in [0.3, 0.4) is 0 Å². The number of nitrogens with one attached hydrogen (secondary N) is 1. The van der Waals surface area contributed by atoms with Crippen molar-refractivity contribution in [3.63, 3.8) is 0 Å². The molecule has 0 aliphatic heterocycles. The summed E-state index contributed by atoms with van der Waals surface area (Å²) >= 11 is 0. The highest BCUT2D eigenvalue weighted by molar-refractivity contribution is 5.65. The predicted molar refractivity (Wildman–Crippen MR) is 114 cm³/mol. The van der Waals surface area contributed by atoms with Crippen LogP contribution in [0.5, 0.6) is 5.75 Å². The van der Waals surface area contributed by atoms with E-state index in [1.54, 1.807) is 21.5 Å². The zero-order valence-electron chi connectivity index (χ0n) is 17.0. The molecule has 6 nitrogen and oxygen atoms in total. The summed E-state index contributed by atoms with van der Waals surface area (Å²) in [6.07, 6.45) is 6.69. The number of aromatic nitrogens is 4. The van der Waals surface area contributed by atoms with Crippen LogP contribution in [0.1, 0.15) is 11.1 Å². The molecule has 0 atom stereocenters. The molecule has 4 rings (SSSR count). The van der Waals surface area contributed by atoms with Gasteiger partial charge >= 0.3 is 0 Å². The number of benzene rings is 2. The lowest BCUT2D eigenvalue weighted by Gasteiger charge is -2.07. The van der Waals surface area contributed by atoms with Crippen molar-refractivity contribution in [2.24, 2.45) is 7.05 Å². The molecule has 0 fully saturated rings. The van der Waals surface area contributed by atoms with Crippen molar-refractivity contribution in [1.82, 2.24) is 24.9 Å². The lowest BCUT2D eigenvalue weighted by Crippen LogP contribution is -2.16. The van der Waals surface area contributed by atoms with Gasteiger partial charge in [0.2, 0.25) is 0 Å². The fourth-order valence-corrected chi connectivity index (χ4v) is 3.35. The fraction of sp³-hybridized carbons (Fsp3) is 0.217. The van der Waals surface area contributed by atoms with Gasteiger partial charge < -0.3 is 10.1 Å². The molecule has 4 aromatic rings. The van der Waals surface area contributed by atoms with Crippen LogP contribution in [0.25, 0.3) is 16.9 Å². The van der Waals surface area contributed by atoms with Crippen LogP contribution < -0.4 is 10.1 Å². The third kappa shape index (κ3) is 4.41. The Morgan fingerprint density at radius 2 is 1.93 bits per heavy atom. The molecular formula is C23H24FN5O. The third-order valence-electron chi connectivity index (χ3n) is 4.91. The van der Waals surface area contributed by atoms with E-state index in [1.165, 1.54) is 18.7 Å². The molecule has 7 heteroatoms. The van der Waals surface area contributed by atoms with E-state index in [0.717, 1.165) is 24.2 Å². The first kappa shape index (κ1) is 19.8. The highest BCUT2D eigenvalue weighted by Crippen LogP contribution is 2.28. The van der Waals surface area contributed by atoms with Crippen LogP contribution >= 0.6 is 0 Å². The zero-order valence-corrected chi connectivity index (χ0v) is 17.0. The summed E-state index contributed by atoms with van der Waals surface area (Å²) < 4.78 is 23.5. The largest absolute Gasteiger partial charge is 0.497 e. The maximum Gasteiger partial charge on any atom is 0.136 e. The van der Waals surface area contributed by atoms with Crippen molar-refractivity contribution in [2.45, 2.75) is 13.0 Å². The van der Waals surface area contributed by atoms with E-state index in [0.29, 0.717) is 23.6 Å². The number of halogens is 1. The van der Waals surface area contributed by atoms with Crippen LogP contribution in [0.4, 0.5) is 4.39 Å². The number of nitrogens with zero attached hydrogens (tertiary/aromatic N) is 4. The normalized spacial score (nSPS) is 11.0. The summed E-state index contributed by atoms with van der Waals surface area (Å²) in [6.45, 7) is 1.36. The first-order chi connectivity index (χ1) is 14.6. The number of ether oxygens (including phenoxy) is 1. The molecule has 0 aliphatic carbocycles. The SMILES string of the molecule is COc1ccc(-c2nn(-c3ccccc3)cc2CNCCc2cnn(C)c2)c(F)c1. The number of hydrogen-bond donors (Lipinski definition) is 1. The molecule has 0 radical (unpaired) electrons. The van der Waals surface area contributed by atoms with Gasteiger partial charge in [0.25, 0.3) is 0 Å². The maximum atomic E-state index is 14.8. The van der Waals surface area contributed by atoms with E-state index < -0.39 is 0 Å². The Labute approximate surface area is 174 Å². The average Bonchev–Trinajstić information content (AvgIpc) is 3.38. The molecule has 1 N–H and O–H groups in total. The van der Waals surface area contributed by atoms with Gasteiger partial charge in [0.05, 0.1) is 19.0 Å². The van der Waals surface area contributed by atoms with Crippen molar-refractivity contribution < 1.29 is 9.13 Å². The van der Waals surface area contributed by atoms with Gasteiger partial charge in [-0.3, -0.25) is 4.68 Å². The average molecular weight is 405 g/mol. The van der Waals surface area contributed by atoms with E-state index in [-0.39, 0.29) is 5.82 Å². The molecule has 0 unspecified atom stereocenters. The smallest absolute Gasteiger partial charge is 0.136 e. The minimum Gasteiger partial charge on any atom is -0.497 e. The van der Waals surface area contributed by atoms with Gasteiger partial charge in [-0.2, -0.15) is 10.2 Å². The monoisotopic (exact) mass is 405 g/mol. The molecule has 0 saturated carbocycles. The Morgan fingerprint density at radius 1 is 1.10 bits per heavy atom. The Morgan fingerprint density at radius 3 is 2.63 bits per heavy atom. The highest BCUT2D eigenvalue weighted by Gasteiger charge is 2.16. The van der Waals surface area contributed by atoms with Gasteiger partial charge in [-0.15, -0.1) is 0 Å². The predicted octanol–water partition coefficient (Wildman–Crippen LogP) is 3.75. The summed E-state index contributed by atoms with van der Waals surface area (Å²) in [4.78, 5) is 0. The summed E-state index contributed by atoms with van der Waals surface area (Å²) in [5, 5.41) is 12.3. The van der Waals surface area contributed by atoms with Crippen LogP contribution in [-0.4, -0.2) is 33.2 Å². The molecular weight excluding hydrogens is 381 g/mol. The van der Waals surface area contributed by atoms with Gasteiger partial charge in [0.1, 0.15) is 17.3 Å². The van der Waals surface area contributed by atoms with Crippen molar-refractivity contribution in [1.29, 1.82) is 0 Å². The minimum atomic E-state index is -0.357. The summed E-state index contributed by atoms with van der Waals surface area (Å²) in [7, 11) is 3.43. The summed E-state index contributed by atoms with van der Waals surface area (Å²) in [6, 6.07) is 14.7. The second kappa shape index (κ2) is 8.92. The van der Waals surface area contributed by atoms with Gasteiger partial charge in [-0.1, -0.05) is 18.2 Å². The number of rotatable bonds is 8. The Bertz CT molecular complexity index is 1120. The van der Waals surface area contributed by atoms with Crippen molar-refractivity contribution in [3.05, 3.63) is 84.1 Å². The maximum absolute atomic E-state index is 14.8. The number of methoxy groups -OCH3 is 1. The van der Waals surface area contributed by atoms with Crippen molar-refractivity contribution >= 4 is 0 Å². The quantitative estimate of drug-likeness (QED) is 0.454. The first-order valence-corrected chi connectivity index (χ1v) is 9.80. The fourth-order valence-electron chi connectivity index (χ4n) is 3.35. The van der Waals surface area contributed by atoms with E-state index in [2.05, 4.69) is 15.5 Å². The summed E-state index contributed by atoms with van der Waals surface area (Å²) in [5.74, 6) is 0.124. The van der Waals surface area contributed by atoms with E-state index in [1.807, 2.05) is 56.0 Å². The third-order valence-corrected chi connectivity index (χ3v) is 4.91. The lowest BCUT2D eigenvalue weighted by atomic mass is 10.1. The van der Waals surface area contributed by atoms with E-state index in [4.69, 9.17) is 4.74 Å². The first-order valence-electron chi connectivity index (χ1n) is 9.80. The van der Waals surface area contributed by atoms with Crippen LogP contribution in [-0.2, 0) is 20.0 Å². The second-order valence-corrected chi connectivity index (χ2v) is 7.08. The molecule has 2 aromatic heterocycles. The van der Waals surface area contributed by atoms with Crippen LogP contribution in [0, 0.1) is 5.82 Å².